The van der Waals surface area contributed by atoms with E-state index in [0.29, 0.717) is 6.04 Å². The van der Waals surface area contributed by atoms with E-state index in [4.69, 9.17) is 0 Å². The van der Waals surface area contributed by atoms with E-state index in [9.17, 15) is 5.11 Å². The first kappa shape index (κ1) is 15.3. The van der Waals surface area contributed by atoms with Crippen molar-refractivity contribution in [1.82, 2.24) is 5.32 Å². The zero-order valence-corrected chi connectivity index (χ0v) is 12.8. The summed E-state index contributed by atoms with van der Waals surface area (Å²) in [5, 5.41) is 13.3. The summed E-state index contributed by atoms with van der Waals surface area (Å²) in [5.41, 5.74) is 2.62. The van der Waals surface area contributed by atoms with Crippen molar-refractivity contribution >= 4 is 5.69 Å². The fraction of sp³-hybridized carbons (Fsp3) is 0.647. The molecule has 20 heavy (non-hydrogen) atoms. The Morgan fingerprint density at radius 2 is 1.85 bits per heavy atom. The Hall–Kier alpha value is -1.06. The van der Waals surface area contributed by atoms with Crippen LogP contribution in [0.5, 0.6) is 0 Å². The molecule has 0 bridgehead atoms. The Morgan fingerprint density at radius 3 is 2.45 bits per heavy atom. The third kappa shape index (κ3) is 4.22. The average Bonchev–Trinajstić information content (AvgIpc) is 2.48. The minimum absolute atomic E-state index is 0.105. The largest absolute Gasteiger partial charge is 0.393 e. The molecule has 1 aromatic rings. The lowest BCUT2D eigenvalue weighted by atomic mass is 9.93. The molecule has 0 spiro atoms. The summed E-state index contributed by atoms with van der Waals surface area (Å²) < 4.78 is 0. The first-order chi connectivity index (χ1) is 9.72. The highest BCUT2D eigenvalue weighted by atomic mass is 16.3. The molecule has 0 saturated heterocycles. The molecule has 1 aliphatic carbocycles. The zero-order valence-electron chi connectivity index (χ0n) is 12.8. The van der Waals surface area contributed by atoms with E-state index in [1.165, 1.54) is 17.7 Å². The lowest BCUT2D eigenvalue weighted by molar-refractivity contribution is 0.111. The second-order valence-electron chi connectivity index (χ2n) is 5.74. The van der Waals surface area contributed by atoms with Crippen molar-refractivity contribution < 1.29 is 5.11 Å². The SMILES string of the molecule is CCN(CC)c1ccc(CNC2CCCC(O)C2)cc1. The Labute approximate surface area is 123 Å². The molecule has 2 unspecified atom stereocenters. The Bertz CT molecular complexity index is 386. The van der Waals surface area contributed by atoms with Gasteiger partial charge in [0.25, 0.3) is 0 Å². The maximum absolute atomic E-state index is 9.68. The van der Waals surface area contributed by atoms with Gasteiger partial charge in [0.1, 0.15) is 0 Å². The summed E-state index contributed by atoms with van der Waals surface area (Å²) in [6.07, 6.45) is 4.09. The molecule has 1 aliphatic rings. The summed E-state index contributed by atoms with van der Waals surface area (Å²) in [6, 6.07) is 9.31. The van der Waals surface area contributed by atoms with E-state index in [-0.39, 0.29) is 6.10 Å². The van der Waals surface area contributed by atoms with Gasteiger partial charge < -0.3 is 15.3 Å². The van der Waals surface area contributed by atoms with Crippen molar-refractivity contribution in [3.05, 3.63) is 29.8 Å². The van der Waals surface area contributed by atoms with Gasteiger partial charge in [0.2, 0.25) is 0 Å². The number of hydrogen-bond acceptors (Lipinski definition) is 3. The van der Waals surface area contributed by atoms with Crippen LogP contribution in [0.4, 0.5) is 5.69 Å². The second kappa shape index (κ2) is 7.65. The Morgan fingerprint density at radius 1 is 1.15 bits per heavy atom. The van der Waals surface area contributed by atoms with Crippen LogP contribution in [0.3, 0.4) is 0 Å². The maximum Gasteiger partial charge on any atom is 0.0555 e. The van der Waals surface area contributed by atoms with Crippen molar-refractivity contribution in [3.63, 3.8) is 0 Å². The topological polar surface area (TPSA) is 35.5 Å². The van der Waals surface area contributed by atoms with Crippen molar-refractivity contribution in [2.45, 2.75) is 58.2 Å². The molecule has 3 heteroatoms. The van der Waals surface area contributed by atoms with Crippen molar-refractivity contribution in [3.8, 4) is 0 Å². The van der Waals surface area contributed by atoms with E-state index in [1.807, 2.05) is 0 Å². The maximum atomic E-state index is 9.68. The van der Waals surface area contributed by atoms with E-state index in [2.05, 4.69) is 48.3 Å². The Kier molecular flexibility index (Phi) is 5.86. The predicted molar refractivity (Wildman–Crippen MR) is 85.1 cm³/mol. The summed E-state index contributed by atoms with van der Waals surface area (Å²) in [7, 11) is 0. The van der Waals surface area contributed by atoms with Gasteiger partial charge in [-0.25, -0.2) is 0 Å². The van der Waals surface area contributed by atoms with Crippen LogP contribution in [-0.4, -0.2) is 30.3 Å². The highest BCUT2D eigenvalue weighted by Gasteiger charge is 2.19. The molecule has 0 heterocycles. The summed E-state index contributed by atoms with van der Waals surface area (Å²) >= 11 is 0. The highest BCUT2D eigenvalue weighted by Crippen LogP contribution is 2.19. The standard InChI is InChI=1S/C17H28N2O/c1-3-19(4-2)16-10-8-14(9-11-16)13-18-15-6-5-7-17(20)12-15/h8-11,15,17-18,20H,3-7,12-13H2,1-2H3. The number of benzene rings is 1. The third-order valence-electron chi connectivity index (χ3n) is 4.31. The predicted octanol–water partition coefficient (Wildman–Crippen LogP) is 2.93. The van der Waals surface area contributed by atoms with Gasteiger partial charge in [-0.3, -0.25) is 0 Å². The molecule has 0 amide bonds. The molecule has 1 saturated carbocycles. The monoisotopic (exact) mass is 276 g/mol. The number of aliphatic hydroxyl groups excluding tert-OH is 1. The first-order valence-electron chi connectivity index (χ1n) is 7.98. The molecule has 1 aromatic carbocycles. The zero-order chi connectivity index (χ0) is 14.4. The van der Waals surface area contributed by atoms with Gasteiger partial charge in [0, 0.05) is 31.4 Å². The van der Waals surface area contributed by atoms with E-state index in [1.54, 1.807) is 0 Å². The van der Waals surface area contributed by atoms with Crippen molar-refractivity contribution in [2.24, 2.45) is 0 Å². The number of nitrogens with zero attached hydrogens (tertiary/aromatic N) is 1. The number of rotatable bonds is 6. The summed E-state index contributed by atoms with van der Waals surface area (Å²) in [6.45, 7) is 7.37. The quantitative estimate of drug-likeness (QED) is 0.838. The van der Waals surface area contributed by atoms with Crippen LogP contribution in [0, 0.1) is 0 Å². The van der Waals surface area contributed by atoms with Crippen LogP contribution in [-0.2, 0) is 6.54 Å². The lowest BCUT2D eigenvalue weighted by Gasteiger charge is -2.27. The normalized spacial score (nSPS) is 22.8. The fourth-order valence-corrected chi connectivity index (χ4v) is 3.02. The fourth-order valence-electron chi connectivity index (χ4n) is 3.02. The number of aliphatic hydroxyl groups is 1. The van der Waals surface area contributed by atoms with E-state index >= 15 is 0 Å². The van der Waals surface area contributed by atoms with Gasteiger partial charge in [-0.05, 0) is 57.2 Å². The second-order valence-corrected chi connectivity index (χ2v) is 5.74. The van der Waals surface area contributed by atoms with Crippen molar-refractivity contribution in [1.29, 1.82) is 0 Å². The average molecular weight is 276 g/mol. The molecule has 112 valence electrons. The van der Waals surface area contributed by atoms with Gasteiger partial charge in [-0.15, -0.1) is 0 Å². The summed E-state index contributed by atoms with van der Waals surface area (Å²) in [5.74, 6) is 0. The van der Waals surface area contributed by atoms with E-state index in [0.717, 1.165) is 38.9 Å². The minimum Gasteiger partial charge on any atom is -0.393 e. The molecular weight excluding hydrogens is 248 g/mol. The van der Waals surface area contributed by atoms with Gasteiger partial charge >= 0.3 is 0 Å². The molecule has 0 radical (unpaired) electrons. The molecule has 1 fully saturated rings. The molecule has 2 atom stereocenters. The van der Waals surface area contributed by atoms with Crippen LogP contribution in [0.1, 0.15) is 45.1 Å². The highest BCUT2D eigenvalue weighted by molar-refractivity contribution is 5.47. The molecule has 2 N–H and O–H groups in total. The van der Waals surface area contributed by atoms with Crippen LogP contribution in [0.15, 0.2) is 24.3 Å². The van der Waals surface area contributed by atoms with Crippen LogP contribution in [0.25, 0.3) is 0 Å². The minimum atomic E-state index is -0.105. The first-order valence-corrected chi connectivity index (χ1v) is 7.98. The van der Waals surface area contributed by atoms with Crippen LogP contribution >= 0.6 is 0 Å². The van der Waals surface area contributed by atoms with Gasteiger partial charge in [-0.1, -0.05) is 12.1 Å². The Balaban J connectivity index is 1.84. The summed E-state index contributed by atoms with van der Waals surface area (Å²) in [4.78, 5) is 2.36. The molecule has 2 rings (SSSR count). The number of hydrogen-bond donors (Lipinski definition) is 2. The van der Waals surface area contributed by atoms with E-state index < -0.39 is 0 Å². The smallest absolute Gasteiger partial charge is 0.0555 e. The van der Waals surface area contributed by atoms with Crippen molar-refractivity contribution in [2.75, 3.05) is 18.0 Å². The lowest BCUT2D eigenvalue weighted by Crippen LogP contribution is -2.35. The van der Waals surface area contributed by atoms with Gasteiger partial charge in [0.15, 0.2) is 0 Å². The molecular formula is C17H28N2O. The molecule has 0 aromatic heterocycles. The van der Waals surface area contributed by atoms with Crippen LogP contribution < -0.4 is 10.2 Å². The number of nitrogens with one attached hydrogen (secondary N) is 1. The van der Waals surface area contributed by atoms with Gasteiger partial charge in [0.05, 0.1) is 6.10 Å². The number of anilines is 1. The van der Waals surface area contributed by atoms with Crippen LogP contribution in [0.2, 0.25) is 0 Å². The third-order valence-corrected chi connectivity index (χ3v) is 4.31. The molecule has 0 aliphatic heterocycles. The van der Waals surface area contributed by atoms with Gasteiger partial charge in [-0.2, -0.15) is 0 Å². The molecule has 3 nitrogen and oxygen atoms in total.